The molecule has 0 aliphatic heterocycles. The largest absolute Gasteiger partial charge is 0.508 e. The van der Waals surface area contributed by atoms with Crippen molar-refractivity contribution in [3.8, 4) is 5.75 Å². The summed E-state index contributed by atoms with van der Waals surface area (Å²) in [5.41, 5.74) is 6.06. The molecule has 0 heterocycles. The minimum Gasteiger partial charge on any atom is -0.508 e. The van der Waals surface area contributed by atoms with Gasteiger partial charge in [0.15, 0.2) is 11.6 Å². The molecule has 0 spiro atoms. The molecule has 0 amide bonds. The molecule has 2 aromatic rings. The molecule has 2 rings (SSSR count). The number of aromatic hydroxyl groups is 1. The molecule has 0 aliphatic carbocycles. The van der Waals surface area contributed by atoms with E-state index in [1.54, 1.807) is 6.92 Å². The van der Waals surface area contributed by atoms with Gasteiger partial charge in [0, 0.05) is 11.4 Å². The van der Waals surface area contributed by atoms with Crippen molar-refractivity contribution in [2.24, 2.45) is 5.73 Å². The van der Waals surface area contributed by atoms with Crippen LogP contribution in [0.15, 0.2) is 24.3 Å². The summed E-state index contributed by atoms with van der Waals surface area (Å²) in [6, 6.07) is 4.70. The Labute approximate surface area is 91.3 Å². The molecule has 16 heavy (non-hydrogen) atoms. The molecule has 0 saturated carbocycles. The van der Waals surface area contributed by atoms with E-state index < -0.39 is 17.7 Å². The fraction of sp³-hybridized carbons (Fsp3) is 0.167. The van der Waals surface area contributed by atoms with E-state index in [1.807, 2.05) is 0 Å². The zero-order valence-corrected chi connectivity index (χ0v) is 8.67. The van der Waals surface area contributed by atoms with Gasteiger partial charge in [-0.15, -0.1) is 0 Å². The number of halogens is 2. The Morgan fingerprint density at radius 1 is 1.25 bits per heavy atom. The van der Waals surface area contributed by atoms with E-state index in [9.17, 15) is 13.9 Å². The van der Waals surface area contributed by atoms with Gasteiger partial charge in [0.05, 0.1) is 0 Å². The van der Waals surface area contributed by atoms with Crippen molar-refractivity contribution in [1.82, 2.24) is 0 Å². The van der Waals surface area contributed by atoms with Crippen molar-refractivity contribution in [2.45, 2.75) is 13.0 Å². The Hall–Kier alpha value is -1.68. The highest BCUT2D eigenvalue weighted by Gasteiger charge is 2.14. The van der Waals surface area contributed by atoms with Crippen LogP contribution in [0.1, 0.15) is 18.5 Å². The Bertz CT molecular complexity index is 552. The molecular weight excluding hydrogens is 212 g/mol. The lowest BCUT2D eigenvalue weighted by atomic mass is 9.99. The van der Waals surface area contributed by atoms with Crippen molar-refractivity contribution in [3.05, 3.63) is 41.5 Å². The maximum absolute atomic E-state index is 13.6. The van der Waals surface area contributed by atoms with E-state index in [2.05, 4.69) is 0 Å². The molecule has 2 aromatic carbocycles. The Balaban J connectivity index is 2.92. The SMILES string of the molecule is CC(N)c1cc(O)cc2ccc(F)c(F)c12. The quantitative estimate of drug-likeness (QED) is 0.780. The third-order valence-corrected chi connectivity index (χ3v) is 2.51. The summed E-state index contributed by atoms with van der Waals surface area (Å²) in [6.45, 7) is 1.65. The zero-order chi connectivity index (χ0) is 11.9. The van der Waals surface area contributed by atoms with Gasteiger partial charge in [0.1, 0.15) is 5.75 Å². The lowest BCUT2D eigenvalue weighted by molar-refractivity contribution is 0.474. The third-order valence-electron chi connectivity index (χ3n) is 2.51. The minimum atomic E-state index is -0.926. The first kappa shape index (κ1) is 10.8. The minimum absolute atomic E-state index is 0.00851. The van der Waals surface area contributed by atoms with E-state index in [0.717, 1.165) is 6.07 Å². The second kappa shape index (κ2) is 3.72. The number of hydrogen-bond acceptors (Lipinski definition) is 2. The van der Waals surface area contributed by atoms with E-state index in [4.69, 9.17) is 5.73 Å². The topological polar surface area (TPSA) is 46.2 Å². The average Bonchev–Trinajstić information content (AvgIpc) is 2.22. The molecule has 0 aliphatic rings. The lowest BCUT2D eigenvalue weighted by Crippen LogP contribution is -2.06. The summed E-state index contributed by atoms with van der Waals surface area (Å²) in [5, 5.41) is 10.0. The number of benzene rings is 2. The number of phenols is 1. The molecule has 0 radical (unpaired) electrons. The molecule has 1 unspecified atom stereocenters. The first-order chi connectivity index (χ1) is 7.50. The molecule has 4 heteroatoms. The van der Waals surface area contributed by atoms with Crippen LogP contribution in [0.25, 0.3) is 10.8 Å². The van der Waals surface area contributed by atoms with Gasteiger partial charge in [-0.1, -0.05) is 6.07 Å². The molecule has 0 fully saturated rings. The van der Waals surface area contributed by atoms with Crippen LogP contribution in [0, 0.1) is 11.6 Å². The summed E-state index contributed by atoms with van der Waals surface area (Å²) in [4.78, 5) is 0. The summed E-state index contributed by atoms with van der Waals surface area (Å²) in [6.07, 6.45) is 0. The van der Waals surface area contributed by atoms with Crippen molar-refractivity contribution in [2.75, 3.05) is 0 Å². The normalized spacial score (nSPS) is 13.0. The molecule has 2 nitrogen and oxygen atoms in total. The van der Waals surface area contributed by atoms with Crippen molar-refractivity contribution < 1.29 is 13.9 Å². The van der Waals surface area contributed by atoms with Gasteiger partial charge in [0.2, 0.25) is 0 Å². The molecule has 0 aromatic heterocycles. The smallest absolute Gasteiger partial charge is 0.166 e. The third kappa shape index (κ3) is 1.61. The van der Waals surface area contributed by atoms with E-state index in [-0.39, 0.29) is 11.1 Å². The van der Waals surface area contributed by atoms with E-state index in [0.29, 0.717) is 10.9 Å². The second-order valence-electron chi connectivity index (χ2n) is 3.78. The Morgan fingerprint density at radius 3 is 2.56 bits per heavy atom. The van der Waals surface area contributed by atoms with Gasteiger partial charge >= 0.3 is 0 Å². The van der Waals surface area contributed by atoms with Gasteiger partial charge in [-0.2, -0.15) is 0 Å². The number of phenolic OH excluding ortho intramolecular Hbond substituents is 1. The molecule has 0 saturated heterocycles. The summed E-state index contributed by atoms with van der Waals surface area (Å²) in [5.74, 6) is -1.85. The predicted molar refractivity (Wildman–Crippen MR) is 58.1 cm³/mol. The fourth-order valence-corrected chi connectivity index (χ4v) is 1.77. The van der Waals surface area contributed by atoms with Gasteiger partial charge < -0.3 is 10.8 Å². The van der Waals surface area contributed by atoms with Crippen LogP contribution in [0.4, 0.5) is 8.78 Å². The monoisotopic (exact) mass is 223 g/mol. The number of hydrogen-bond donors (Lipinski definition) is 2. The van der Waals surface area contributed by atoms with Crippen molar-refractivity contribution >= 4 is 10.8 Å². The number of nitrogens with two attached hydrogens (primary N) is 1. The molecular formula is C12H11F2NO. The summed E-state index contributed by atoms with van der Waals surface area (Å²) < 4.78 is 26.8. The molecule has 84 valence electrons. The van der Waals surface area contributed by atoms with Crippen LogP contribution in [-0.4, -0.2) is 5.11 Å². The maximum Gasteiger partial charge on any atom is 0.166 e. The summed E-state index contributed by atoms with van der Waals surface area (Å²) >= 11 is 0. The van der Waals surface area contributed by atoms with Crippen LogP contribution in [0.5, 0.6) is 5.75 Å². The highest BCUT2D eigenvalue weighted by Crippen LogP contribution is 2.31. The summed E-state index contributed by atoms with van der Waals surface area (Å²) in [7, 11) is 0. The van der Waals surface area contributed by atoms with Crippen LogP contribution in [0.3, 0.4) is 0 Å². The second-order valence-corrected chi connectivity index (χ2v) is 3.78. The van der Waals surface area contributed by atoms with Crippen LogP contribution >= 0.6 is 0 Å². The highest BCUT2D eigenvalue weighted by atomic mass is 19.2. The van der Waals surface area contributed by atoms with Crippen LogP contribution in [-0.2, 0) is 0 Å². The van der Waals surface area contributed by atoms with E-state index in [1.165, 1.54) is 18.2 Å². The van der Waals surface area contributed by atoms with Crippen LogP contribution in [0.2, 0.25) is 0 Å². The fourth-order valence-electron chi connectivity index (χ4n) is 1.77. The van der Waals surface area contributed by atoms with Gasteiger partial charge in [-0.05, 0) is 36.1 Å². The number of fused-ring (bicyclic) bond motifs is 1. The van der Waals surface area contributed by atoms with Crippen molar-refractivity contribution in [1.29, 1.82) is 0 Å². The molecule has 3 N–H and O–H groups in total. The number of rotatable bonds is 1. The molecule has 1 atom stereocenters. The highest BCUT2D eigenvalue weighted by molar-refractivity contribution is 5.88. The lowest BCUT2D eigenvalue weighted by Gasteiger charge is -2.12. The Kier molecular flexibility index (Phi) is 2.52. The molecule has 0 bridgehead atoms. The van der Waals surface area contributed by atoms with Crippen LogP contribution < -0.4 is 5.73 Å². The standard InChI is InChI=1S/C12H11F2NO/c1-6(15)9-5-8(16)4-7-2-3-10(13)12(14)11(7)9/h2-6,16H,15H2,1H3. The van der Waals surface area contributed by atoms with Gasteiger partial charge in [-0.3, -0.25) is 0 Å². The van der Waals surface area contributed by atoms with Gasteiger partial charge in [0.25, 0.3) is 0 Å². The maximum atomic E-state index is 13.6. The van der Waals surface area contributed by atoms with Crippen molar-refractivity contribution in [3.63, 3.8) is 0 Å². The predicted octanol–water partition coefficient (Wildman–Crippen LogP) is 2.84. The van der Waals surface area contributed by atoms with E-state index >= 15 is 0 Å². The first-order valence-electron chi connectivity index (χ1n) is 4.87. The average molecular weight is 223 g/mol. The van der Waals surface area contributed by atoms with Gasteiger partial charge in [-0.25, -0.2) is 8.78 Å². The zero-order valence-electron chi connectivity index (χ0n) is 8.67. The first-order valence-corrected chi connectivity index (χ1v) is 4.87. The Morgan fingerprint density at radius 2 is 1.94 bits per heavy atom.